The fraction of sp³-hybridized carbons (Fsp3) is 0.500. The van der Waals surface area contributed by atoms with Crippen LogP contribution in [0.5, 0.6) is 0 Å². The monoisotopic (exact) mass is 517 g/mol. The van der Waals surface area contributed by atoms with Gasteiger partial charge in [0, 0.05) is 37.7 Å². The van der Waals surface area contributed by atoms with E-state index in [1.54, 1.807) is 17.3 Å². The molecule has 1 aliphatic carbocycles. The van der Waals surface area contributed by atoms with E-state index in [1.165, 1.54) is 19.3 Å². The number of hydrogen-bond acceptors (Lipinski definition) is 5. The van der Waals surface area contributed by atoms with Crippen LogP contribution in [0.4, 0.5) is 5.69 Å². The zero-order valence-corrected chi connectivity index (χ0v) is 22.2. The van der Waals surface area contributed by atoms with Crippen molar-refractivity contribution in [2.45, 2.75) is 83.0 Å². The first-order valence-electron chi connectivity index (χ1n) is 14.1. The Hall–Kier alpha value is -3.23. The molecule has 202 valence electrons. The molecule has 3 aromatic rings. The van der Waals surface area contributed by atoms with Gasteiger partial charge in [-0.3, -0.25) is 9.59 Å². The van der Waals surface area contributed by atoms with Gasteiger partial charge in [0.15, 0.2) is 0 Å². The van der Waals surface area contributed by atoms with E-state index in [2.05, 4.69) is 15.6 Å². The van der Waals surface area contributed by atoms with E-state index in [-0.39, 0.29) is 11.8 Å². The van der Waals surface area contributed by atoms with Crippen molar-refractivity contribution >= 4 is 28.5 Å². The van der Waals surface area contributed by atoms with Crippen LogP contribution in [0.3, 0.4) is 0 Å². The van der Waals surface area contributed by atoms with E-state index in [4.69, 9.17) is 0 Å². The number of aromatic nitrogens is 2. The van der Waals surface area contributed by atoms with Gasteiger partial charge in [0.25, 0.3) is 5.91 Å². The third-order valence-electron chi connectivity index (χ3n) is 7.97. The molecule has 1 aliphatic heterocycles. The Morgan fingerprint density at radius 2 is 1.92 bits per heavy atom. The number of amides is 2. The topological polar surface area (TPSA) is 99.5 Å². The molecule has 2 heterocycles. The summed E-state index contributed by atoms with van der Waals surface area (Å²) in [6.45, 7) is 3.79. The number of fused-ring (bicyclic) bond motifs is 1. The molecule has 2 atom stereocenters. The summed E-state index contributed by atoms with van der Waals surface area (Å²) in [6.07, 6.45) is 8.81. The Balaban J connectivity index is 1.40. The fourth-order valence-electron chi connectivity index (χ4n) is 5.78. The molecule has 0 unspecified atom stereocenters. The van der Waals surface area contributed by atoms with Crippen molar-refractivity contribution in [3.05, 3.63) is 59.9 Å². The average Bonchev–Trinajstić information content (AvgIpc) is 3.57. The number of hydrogen-bond donors (Lipinski definition) is 3. The summed E-state index contributed by atoms with van der Waals surface area (Å²) in [5, 5.41) is 17.9. The van der Waals surface area contributed by atoms with Gasteiger partial charge < -0.3 is 25.2 Å². The summed E-state index contributed by atoms with van der Waals surface area (Å²) in [5.41, 5.74) is 3.76. The van der Waals surface area contributed by atoms with Crippen molar-refractivity contribution in [1.82, 2.24) is 20.2 Å². The maximum absolute atomic E-state index is 13.7. The number of anilines is 1. The molecular weight excluding hydrogens is 478 g/mol. The fourth-order valence-corrected chi connectivity index (χ4v) is 5.78. The van der Waals surface area contributed by atoms with Crippen LogP contribution in [0, 0.1) is 0 Å². The van der Waals surface area contributed by atoms with Crippen LogP contribution < -0.4 is 15.5 Å². The normalized spacial score (nSPS) is 18.2. The van der Waals surface area contributed by atoms with Gasteiger partial charge in [-0.1, -0.05) is 49.6 Å². The Labute approximate surface area is 224 Å². The first kappa shape index (κ1) is 26.4. The molecule has 1 saturated carbocycles. The number of rotatable bonds is 10. The molecular formula is C30H39N5O3. The summed E-state index contributed by atoms with van der Waals surface area (Å²) in [5.74, 6) is -0.206. The van der Waals surface area contributed by atoms with E-state index >= 15 is 0 Å². The maximum atomic E-state index is 13.7. The highest BCUT2D eigenvalue weighted by molar-refractivity contribution is 6.07. The molecule has 2 fully saturated rings. The predicted octanol–water partition coefficient (Wildman–Crippen LogP) is 3.81. The third kappa shape index (κ3) is 5.92. The van der Waals surface area contributed by atoms with Crippen molar-refractivity contribution in [2.24, 2.45) is 0 Å². The van der Waals surface area contributed by atoms with Crippen LogP contribution in [-0.4, -0.2) is 57.7 Å². The highest BCUT2D eigenvalue weighted by Gasteiger charge is 2.28. The molecule has 3 N–H and O–H groups in total. The van der Waals surface area contributed by atoms with Gasteiger partial charge in [-0.25, -0.2) is 4.98 Å². The van der Waals surface area contributed by atoms with E-state index in [0.29, 0.717) is 49.8 Å². The molecule has 1 aromatic heterocycles. The van der Waals surface area contributed by atoms with Crippen LogP contribution in [0.1, 0.15) is 67.8 Å². The smallest absolute Gasteiger partial charge is 0.251 e. The summed E-state index contributed by atoms with van der Waals surface area (Å²) >= 11 is 0. The largest absolute Gasteiger partial charge is 0.390 e. The second-order valence-electron chi connectivity index (χ2n) is 10.6. The number of nitrogens with one attached hydrogen (secondary N) is 2. The third-order valence-corrected chi connectivity index (χ3v) is 7.97. The van der Waals surface area contributed by atoms with Gasteiger partial charge >= 0.3 is 0 Å². The second-order valence-corrected chi connectivity index (χ2v) is 10.6. The molecule has 8 nitrogen and oxygen atoms in total. The molecule has 2 amide bonds. The molecule has 5 rings (SSSR count). The number of aliphatic hydroxyl groups excluding tert-OH is 1. The number of nitrogens with zero attached hydrogens (tertiary/aromatic N) is 3. The van der Waals surface area contributed by atoms with Crippen LogP contribution >= 0.6 is 0 Å². The zero-order chi connectivity index (χ0) is 26.5. The van der Waals surface area contributed by atoms with Crippen LogP contribution in [0.25, 0.3) is 11.0 Å². The molecule has 0 spiro atoms. The Kier molecular flexibility index (Phi) is 8.39. The lowest BCUT2D eigenvalue weighted by atomic mass is 9.95. The maximum Gasteiger partial charge on any atom is 0.251 e. The van der Waals surface area contributed by atoms with Gasteiger partial charge in [-0.15, -0.1) is 0 Å². The Bertz CT molecular complexity index is 1250. The van der Waals surface area contributed by atoms with Crippen molar-refractivity contribution in [3.63, 3.8) is 0 Å². The molecule has 38 heavy (non-hydrogen) atoms. The second kappa shape index (κ2) is 12.1. The Morgan fingerprint density at radius 3 is 2.63 bits per heavy atom. The summed E-state index contributed by atoms with van der Waals surface area (Å²) in [6, 6.07) is 13.5. The van der Waals surface area contributed by atoms with E-state index in [0.717, 1.165) is 35.9 Å². The minimum absolute atomic E-state index is 0.0565. The van der Waals surface area contributed by atoms with Crippen LogP contribution in [0.15, 0.2) is 48.8 Å². The van der Waals surface area contributed by atoms with E-state index in [9.17, 15) is 14.7 Å². The van der Waals surface area contributed by atoms with Gasteiger partial charge in [-0.05, 0) is 50.3 Å². The number of carbonyl (C=O) groups is 2. The van der Waals surface area contributed by atoms with Gasteiger partial charge in [0.2, 0.25) is 5.91 Å². The minimum atomic E-state index is -0.745. The first-order valence-corrected chi connectivity index (χ1v) is 14.1. The molecule has 8 heteroatoms. The van der Waals surface area contributed by atoms with E-state index < -0.39 is 12.1 Å². The zero-order valence-electron chi connectivity index (χ0n) is 22.2. The summed E-state index contributed by atoms with van der Waals surface area (Å²) in [7, 11) is 0. The highest BCUT2D eigenvalue weighted by Crippen LogP contribution is 2.31. The summed E-state index contributed by atoms with van der Waals surface area (Å²) in [4.78, 5) is 32.6. The molecule has 0 radical (unpaired) electrons. The van der Waals surface area contributed by atoms with Gasteiger partial charge in [-0.2, -0.15) is 0 Å². The number of imidazole rings is 1. The average molecular weight is 518 g/mol. The number of carbonyl (C=O) groups excluding carboxylic acids is 2. The van der Waals surface area contributed by atoms with Gasteiger partial charge in [0.1, 0.15) is 5.52 Å². The lowest BCUT2D eigenvalue weighted by Crippen LogP contribution is -2.50. The number of aryl methyl sites for hydroxylation is 1. The van der Waals surface area contributed by atoms with Crippen molar-refractivity contribution < 1.29 is 14.7 Å². The van der Waals surface area contributed by atoms with Crippen molar-refractivity contribution in [2.75, 3.05) is 18.0 Å². The minimum Gasteiger partial charge on any atom is -0.390 e. The number of benzene rings is 2. The quantitative estimate of drug-likeness (QED) is 0.380. The van der Waals surface area contributed by atoms with Gasteiger partial charge in [0.05, 0.1) is 29.7 Å². The number of aliphatic hydroxyl groups is 1. The van der Waals surface area contributed by atoms with Crippen LogP contribution in [0.2, 0.25) is 0 Å². The first-order chi connectivity index (χ1) is 18.5. The van der Waals surface area contributed by atoms with E-state index in [1.807, 2.05) is 47.9 Å². The van der Waals surface area contributed by atoms with Crippen molar-refractivity contribution in [1.29, 1.82) is 0 Å². The lowest BCUT2D eigenvalue weighted by molar-refractivity contribution is -0.117. The van der Waals surface area contributed by atoms with Crippen molar-refractivity contribution in [3.8, 4) is 0 Å². The molecule has 2 aromatic carbocycles. The highest BCUT2D eigenvalue weighted by atomic mass is 16.3. The standard InChI is InChI=1S/C30H39N5O3/c1-2-34-20-32-29-25(34)17-22(18-26(29)35-15-9-14-28(35)37)30(38)33-24(16-21-10-5-3-6-11-21)27(36)19-31-23-12-7-4-8-13-23/h3,5-6,10-11,17-18,20,23-24,27,31,36H,2,4,7-9,12-16,19H2,1H3,(H,33,38)/t24-,27-/m0/s1. The SMILES string of the molecule is CCn1cnc2c(N3CCCC3=O)cc(C(=O)N[C@@H](Cc3ccccc3)[C@@H](O)CNC3CCCCC3)cc21. The Morgan fingerprint density at radius 1 is 1.13 bits per heavy atom. The molecule has 0 bridgehead atoms. The molecule has 2 aliphatic rings. The van der Waals surface area contributed by atoms with Crippen LogP contribution in [-0.2, 0) is 17.8 Å². The summed E-state index contributed by atoms with van der Waals surface area (Å²) < 4.78 is 1.99. The lowest BCUT2D eigenvalue weighted by Gasteiger charge is -2.28. The molecule has 1 saturated heterocycles. The predicted molar refractivity (Wildman–Crippen MR) is 149 cm³/mol.